The van der Waals surface area contributed by atoms with E-state index in [0.29, 0.717) is 30.3 Å². The number of carbonyl (C=O) groups is 2. The molecule has 0 bridgehead atoms. The van der Waals surface area contributed by atoms with Gasteiger partial charge in [-0.2, -0.15) is 0 Å². The number of benzene rings is 1. The van der Waals surface area contributed by atoms with Crippen LogP contribution in [0.1, 0.15) is 13.8 Å². The molecule has 7 nitrogen and oxygen atoms in total. The minimum Gasteiger partial charge on any atom is -0.497 e. The monoisotopic (exact) mass is 324 g/mol. The van der Waals surface area contributed by atoms with E-state index in [4.69, 9.17) is 14.2 Å². The number of hydrogen-bond acceptors (Lipinski definition) is 5. The van der Waals surface area contributed by atoms with Crippen molar-refractivity contribution in [1.29, 1.82) is 0 Å². The van der Waals surface area contributed by atoms with Gasteiger partial charge in [0.05, 0.1) is 26.5 Å². The highest BCUT2D eigenvalue weighted by molar-refractivity contribution is 6.10. The normalized spacial score (nSPS) is 10.8. The van der Waals surface area contributed by atoms with Crippen molar-refractivity contribution < 1.29 is 23.8 Å². The standard InChI is InChI=1S/C16H24N2O5/c1-16(2,14(19)17-8-9-21-3)15(20)18-12-10-11(22-4)6-7-13(12)23-5/h6-7,10H,8-9H2,1-5H3,(H,17,19)(H,18,20). The number of methoxy groups -OCH3 is 3. The summed E-state index contributed by atoms with van der Waals surface area (Å²) in [5.74, 6) is 0.228. The van der Waals surface area contributed by atoms with Gasteiger partial charge in [0, 0.05) is 19.7 Å². The Hall–Kier alpha value is -2.28. The lowest BCUT2D eigenvalue weighted by Gasteiger charge is -2.23. The fraction of sp³-hybridized carbons (Fsp3) is 0.500. The summed E-state index contributed by atoms with van der Waals surface area (Å²) in [6.45, 7) is 3.83. The van der Waals surface area contributed by atoms with Gasteiger partial charge in [-0.25, -0.2) is 0 Å². The SMILES string of the molecule is COCCNC(=O)C(C)(C)C(=O)Nc1cc(OC)ccc1OC. The lowest BCUT2D eigenvalue weighted by Crippen LogP contribution is -2.46. The number of carbonyl (C=O) groups excluding carboxylic acids is 2. The Labute approximate surface area is 136 Å². The summed E-state index contributed by atoms with van der Waals surface area (Å²) in [6, 6.07) is 5.03. The summed E-state index contributed by atoms with van der Waals surface area (Å²) in [7, 11) is 4.57. The fourth-order valence-electron chi connectivity index (χ4n) is 1.78. The molecule has 0 atom stereocenters. The highest BCUT2D eigenvalue weighted by Crippen LogP contribution is 2.30. The van der Waals surface area contributed by atoms with Crippen LogP contribution in [0.15, 0.2) is 18.2 Å². The third-order valence-electron chi connectivity index (χ3n) is 3.38. The van der Waals surface area contributed by atoms with E-state index in [9.17, 15) is 9.59 Å². The summed E-state index contributed by atoms with van der Waals surface area (Å²) in [4.78, 5) is 24.6. The molecule has 0 radical (unpaired) electrons. The highest BCUT2D eigenvalue weighted by atomic mass is 16.5. The first-order valence-electron chi connectivity index (χ1n) is 7.17. The van der Waals surface area contributed by atoms with E-state index in [1.54, 1.807) is 39.2 Å². The molecule has 7 heteroatoms. The Morgan fingerprint density at radius 2 is 1.78 bits per heavy atom. The van der Waals surface area contributed by atoms with Crippen LogP contribution in [0.25, 0.3) is 0 Å². The van der Waals surface area contributed by atoms with Crippen LogP contribution in [0.4, 0.5) is 5.69 Å². The molecule has 0 unspecified atom stereocenters. The Kier molecular flexibility index (Phi) is 6.84. The molecule has 0 saturated heterocycles. The molecule has 2 N–H and O–H groups in total. The van der Waals surface area contributed by atoms with E-state index < -0.39 is 11.3 Å². The molecule has 128 valence electrons. The molecule has 2 amide bonds. The van der Waals surface area contributed by atoms with Crippen LogP contribution in [-0.2, 0) is 14.3 Å². The minimum atomic E-state index is -1.25. The largest absolute Gasteiger partial charge is 0.497 e. The number of amides is 2. The van der Waals surface area contributed by atoms with Crippen molar-refractivity contribution >= 4 is 17.5 Å². The molecule has 0 heterocycles. The first-order chi connectivity index (χ1) is 10.9. The molecule has 0 aliphatic carbocycles. The van der Waals surface area contributed by atoms with Crippen LogP contribution in [-0.4, -0.2) is 46.3 Å². The zero-order valence-electron chi connectivity index (χ0n) is 14.2. The average molecular weight is 324 g/mol. The van der Waals surface area contributed by atoms with Crippen molar-refractivity contribution in [3.05, 3.63) is 18.2 Å². The molecular weight excluding hydrogens is 300 g/mol. The van der Waals surface area contributed by atoms with Crippen LogP contribution >= 0.6 is 0 Å². The van der Waals surface area contributed by atoms with Crippen LogP contribution < -0.4 is 20.1 Å². The Morgan fingerprint density at radius 3 is 2.35 bits per heavy atom. The average Bonchev–Trinajstić information content (AvgIpc) is 2.54. The Bertz CT molecular complexity index is 557. The van der Waals surface area contributed by atoms with Crippen molar-refractivity contribution in [1.82, 2.24) is 5.32 Å². The van der Waals surface area contributed by atoms with E-state index in [2.05, 4.69) is 10.6 Å². The van der Waals surface area contributed by atoms with Crippen LogP contribution in [0, 0.1) is 5.41 Å². The van der Waals surface area contributed by atoms with E-state index in [1.807, 2.05) is 0 Å². The molecule has 23 heavy (non-hydrogen) atoms. The van der Waals surface area contributed by atoms with Crippen LogP contribution in [0.3, 0.4) is 0 Å². The summed E-state index contributed by atoms with van der Waals surface area (Å²) < 4.78 is 15.2. The van der Waals surface area contributed by atoms with Gasteiger partial charge in [-0.05, 0) is 26.0 Å². The molecule has 0 fully saturated rings. The maximum atomic E-state index is 12.5. The molecule has 0 saturated carbocycles. The maximum Gasteiger partial charge on any atom is 0.239 e. The van der Waals surface area contributed by atoms with Gasteiger partial charge in [0.15, 0.2) is 0 Å². The van der Waals surface area contributed by atoms with Gasteiger partial charge in [0.1, 0.15) is 16.9 Å². The van der Waals surface area contributed by atoms with Crippen molar-refractivity contribution in [3.8, 4) is 11.5 Å². The number of anilines is 1. The molecule has 1 aromatic rings. The zero-order chi connectivity index (χ0) is 17.5. The third-order valence-corrected chi connectivity index (χ3v) is 3.38. The Balaban J connectivity index is 2.86. The van der Waals surface area contributed by atoms with E-state index >= 15 is 0 Å². The lowest BCUT2D eigenvalue weighted by atomic mass is 9.91. The quantitative estimate of drug-likeness (QED) is 0.558. The van der Waals surface area contributed by atoms with Gasteiger partial charge in [-0.1, -0.05) is 0 Å². The van der Waals surface area contributed by atoms with Gasteiger partial charge in [-0.3, -0.25) is 9.59 Å². The number of ether oxygens (including phenoxy) is 3. The summed E-state index contributed by atoms with van der Waals surface area (Å²) in [6.07, 6.45) is 0. The van der Waals surface area contributed by atoms with Crippen LogP contribution in [0.2, 0.25) is 0 Å². The van der Waals surface area contributed by atoms with Crippen LogP contribution in [0.5, 0.6) is 11.5 Å². The second kappa shape index (κ2) is 8.38. The molecular formula is C16H24N2O5. The van der Waals surface area contributed by atoms with E-state index in [-0.39, 0.29) is 5.91 Å². The van der Waals surface area contributed by atoms with E-state index in [0.717, 1.165) is 0 Å². The predicted octanol–water partition coefficient (Wildman–Crippen LogP) is 1.43. The highest BCUT2D eigenvalue weighted by Gasteiger charge is 2.36. The molecule has 1 aromatic carbocycles. The Morgan fingerprint density at radius 1 is 1.09 bits per heavy atom. The van der Waals surface area contributed by atoms with E-state index in [1.165, 1.54) is 14.2 Å². The van der Waals surface area contributed by atoms with Crippen molar-refractivity contribution in [2.24, 2.45) is 5.41 Å². The third kappa shape index (κ3) is 4.85. The second-order valence-electron chi connectivity index (χ2n) is 5.39. The van der Waals surface area contributed by atoms with Gasteiger partial charge in [0.2, 0.25) is 11.8 Å². The van der Waals surface area contributed by atoms with Crippen molar-refractivity contribution in [3.63, 3.8) is 0 Å². The molecule has 0 aliphatic rings. The molecule has 0 aromatic heterocycles. The predicted molar refractivity (Wildman–Crippen MR) is 86.8 cm³/mol. The van der Waals surface area contributed by atoms with Gasteiger partial charge >= 0.3 is 0 Å². The molecule has 0 spiro atoms. The van der Waals surface area contributed by atoms with Crippen molar-refractivity contribution in [2.75, 3.05) is 39.8 Å². The summed E-state index contributed by atoms with van der Waals surface area (Å²) >= 11 is 0. The number of hydrogen-bond donors (Lipinski definition) is 2. The second-order valence-corrected chi connectivity index (χ2v) is 5.39. The summed E-state index contributed by atoms with van der Waals surface area (Å²) in [5.41, 5.74) is -0.809. The summed E-state index contributed by atoms with van der Waals surface area (Å²) in [5, 5.41) is 5.37. The lowest BCUT2D eigenvalue weighted by molar-refractivity contribution is -0.138. The van der Waals surface area contributed by atoms with Gasteiger partial charge in [-0.15, -0.1) is 0 Å². The first kappa shape index (κ1) is 18.8. The number of rotatable bonds is 8. The number of nitrogens with one attached hydrogen (secondary N) is 2. The minimum absolute atomic E-state index is 0.342. The smallest absolute Gasteiger partial charge is 0.239 e. The van der Waals surface area contributed by atoms with Crippen molar-refractivity contribution in [2.45, 2.75) is 13.8 Å². The zero-order valence-corrected chi connectivity index (χ0v) is 14.2. The first-order valence-corrected chi connectivity index (χ1v) is 7.17. The van der Waals surface area contributed by atoms with Gasteiger partial charge in [0.25, 0.3) is 0 Å². The maximum absolute atomic E-state index is 12.5. The van der Waals surface area contributed by atoms with Gasteiger partial charge < -0.3 is 24.8 Å². The molecule has 1 rings (SSSR count). The topological polar surface area (TPSA) is 85.9 Å². The fourth-order valence-corrected chi connectivity index (χ4v) is 1.78. The molecule has 0 aliphatic heterocycles.